The Morgan fingerprint density at radius 2 is 2.07 bits per heavy atom. The molecule has 1 fully saturated rings. The maximum Gasteiger partial charge on any atom is 0.310 e. The third kappa shape index (κ3) is 6.72. The summed E-state index contributed by atoms with van der Waals surface area (Å²) < 4.78 is 16.1. The summed E-state index contributed by atoms with van der Waals surface area (Å²) in [4.78, 5) is 18.6. The van der Waals surface area contributed by atoms with E-state index in [1.165, 1.54) is 0 Å². The van der Waals surface area contributed by atoms with Crippen molar-refractivity contribution in [1.82, 2.24) is 10.2 Å². The predicted octanol–water partition coefficient (Wildman–Crippen LogP) is 3.06. The fraction of sp³-hybridized carbons (Fsp3) is 0.600. The zero-order valence-electron chi connectivity index (χ0n) is 17.2. The number of carbonyl (C=O) groups is 1. The molecular formula is C20H32IN3O4. The number of methoxy groups -OCH3 is 1. The number of piperidine rings is 1. The van der Waals surface area contributed by atoms with Crippen LogP contribution in [0.5, 0.6) is 11.5 Å². The van der Waals surface area contributed by atoms with Gasteiger partial charge < -0.3 is 24.4 Å². The summed E-state index contributed by atoms with van der Waals surface area (Å²) in [6.45, 7) is 6.90. The molecule has 1 heterocycles. The van der Waals surface area contributed by atoms with E-state index < -0.39 is 0 Å². The van der Waals surface area contributed by atoms with Crippen LogP contribution < -0.4 is 14.8 Å². The van der Waals surface area contributed by atoms with E-state index in [1.54, 1.807) is 14.2 Å². The number of hydrogen-bond donors (Lipinski definition) is 1. The number of nitrogens with zero attached hydrogens (tertiary/aromatic N) is 2. The summed E-state index contributed by atoms with van der Waals surface area (Å²) in [5.41, 5.74) is 1.07. The van der Waals surface area contributed by atoms with Crippen LogP contribution in [0, 0.1) is 5.92 Å². The maximum atomic E-state index is 12.1. The molecule has 0 spiro atoms. The Morgan fingerprint density at radius 1 is 1.29 bits per heavy atom. The number of ether oxygens (including phenoxy) is 3. The first-order valence-corrected chi connectivity index (χ1v) is 9.54. The molecule has 1 unspecified atom stereocenters. The van der Waals surface area contributed by atoms with Crippen LogP contribution in [0.1, 0.15) is 32.3 Å². The van der Waals surface area contributed by atoms with Gasteiger partial charge in [-0.2, -0.15) is 0 Å². The molecular weight excluding hydrogens is 473 g/mol. The van der Waals surface area contributed by atoms with E-state index in [0.29, 0.717) is 26.3 Å². The Morgan fingerprint density at radius 3 is 2.71 bits per heavy atom. The summed E-state index contributed by atoms with van der Waals surface area (Å²) >= 11 is 0. The number of aliphatic imine (C=N–C) groups is 1. The van der Waals surface area contributed by atoms with Crippen LogP contribution in [0.2, 0.25) is 0 Å². The summed E-state index contributed by atoms with van der Waals surface area (Å²) in [6.07, 6.45) is 1.81. The molecule has 1 N–H and O–H groups in total. The van der Waals surface area contributed by atoms with Crippen LogP contribution in [0.15, 0.2) is 23.2 Å². The molecule has 1 aromatic rings. The second-order valence-corrected chi connectivity index (χ2v) is 6.36. The van der Waals surface area contributed by atoms with Gasteiger partial charge in [-0.25, -0.2) is 0 Å². The lowest BCUT2D eigenvalue weighted by atomic mass is 9.98. The van der Waals surface area contributed by atoms with Gasteiger partial charge in [0.05, 0.1) is 26.2 Å². The third-order valence-electron chi connectivity index (χ3n) is 4.53. The predicted molar refractivity (Wildman–Crippen MR) is 121 cm³/mol. The zero-order chi connectivity index (χ0) is 19.6. The van der Waals surface area contributed by atoms with Gasteiger partial charge in [-0.1, -0.05) is 6.07 Å². The van der Waals surface area contributed by atoms with Crippen molar-refractivity contribution >= 4 is 35.9 Å². The van der Waals surface area contributed by atoms with E-state index in [4.69, 9.17) is 14.2 Å². The summed E-state index contributed by atoms with van der Waals surface area (Å²) in [5, 5.41) is 3.38. The largest absolute Gasteiger partial charge is 0.493 e. The van der Waals surface area contributed by atoms with Crippen LogP contribution in [0.25, 0.3) is 0 Å². The monoisotopic (exact) mass is 505 g/mol. The lowest BCUT2D eigenvalue weighted by molar-refractivity contribution is -0.149. The second-order valence-electron chi connectivity index (χ2n) is 6.36. The molecule has 0 radical (unpaired) electrons. The first kappa shape index (κ1) is 24.3. The standard InChI is InChI=1S/C20H31N3O4.HI/c1-5-26-18-12-15(9-10-17(18)25-4)13-22-20(21-3)23-11-7-8-16(14-23)19(24)27-6-2;/h9-10,12,16H,5-8,11,13-14H2,1-4H3,(H,21,22);1H. The van der Waals surface area contributed by atoms with Gasteiger partial charge >= 0.3 is 5.97 Å². The zero-order valence-corrected chi connectivity index (χ0v) is 19.5. The van der Waals surface area contributed by atoms with Crippen LogP contribution in [-0.4, -0.2) is 57.3 Å². The molecule has 2 rings (SSSR count). The Balaban J connectivity index is 0.00000392. The molecule has 7 nitrogen and oxygen atoms in total. The third-order valence-corrected chi connectivity index (χ3v) is 4.53. The molecule has 0 aromatic heterocycles. The van der Waals surface area contributed by atoms with Crippen LogP contribution in [-0.2, 0) is 16.1 Å². The highest BCUT2D eigenvalue weighted by Crippen LogP contribution is 2.28. The van der Waals surface area contributed by atoms with E-state index in [9.17, 15) is 4.79 Å². The van der Waals surface area contributed by atoms with Crippen molar-refractivity contribution in [1.29, 1.82) is 0 Å². The summed E-state index contributed by atoms with van der Waals surface area (Å²) in [5.74, 6) is 2.03. The average molecular weight is 505 g/mol. The van der Waals surface area contributed by atoms with Crippen molar-refractivity contribution in [3.8, 4) is 11.5 Å². The lowest BCUT2D eigenvalue weighted by Gasteiger charge is -2.34. The molecule has 28 heavy (non-hydrogen) atoms. The number of benzene rings is 1. The van der Waals surface area contributed by atoms with Crippen molar-refractivity contribution in [3.63, 3.8) is 0 Å². The maximum absolute atomic E-state index is 12.1. The molecule has 1 aliphatic rings. The van der Waals surface area contributed by atoms with Crippen molar-refractivity contribution in [2.24, 2.45) is 10.9 Å². The van der Waals surface area contributed by atoms with Crippen LogP contribution in [0.3, 0.4) is 0 Å². The first-order valence-electron chi connectivity index (χ1n) is 9.54. The number of carbonyl (C=O) groups excluding carboxylic acids is 1. The number of halogens is 1. The summed E-state index contributed by atoms with van der Waals surface area (Å²) in [6, 6.07) is 5.88. The minimum atomic E-state index is -0.117. The molecule has 0 saturated carbocycles. The number of hydrogen-bond acceptors (Lipinski definition) is 5. The SMILES string of the molecule is CCOC(=O)C1CCCN(C(=NC)NCc2ccc(OC)c(OCC)c2)C1.I. The highest BCUT2D eigenvalue weighted by atomic mass is 127. The fourth-order valence-electron chi connectivity index (χ4n) is 3.23. The van der Waals surface area contributed by atoms with E-state index >= 15 is 0 Å². The van der Waals surface area contributed by atoms with Gasteiger partial charge in [0, 0.05) is 26.7 Å². The first-order chi connectivity index (χ1) is 13.1. The van der Waals surface area contributed by atoms with Gasteiger partial charge in [0.25, 0.3) is 0 Å². The fourth-order valence-corrected chi connectivity index (χ4v) is 3.23. The van der Waals surface area contributed by atoms with E-state index in [1.807, 2.05) is 32.0 Å². The Labute approximate surface area is 184 Å². The number of likely N-dealkylation sites (tertiary alicyclic amines) is 1. The molecule has 1 saturated heterocycles. The van der Waals surface area contributed by atoms with Gasteiger partial charge in [0.2, 0.25) is 0 Å². The molecule has 0 aliphatic carbocycles. The topological polar surface area (TPSA) is 72.4 Å². The minimum Gasteiger partial charge on any atom is -0.493 e. The highest BCUT2D eigenvalue weighted by Gasteiger charge is 2.28. The molecule has 1 atom stereocenters. The van der Waals surface area contributed by atoms with Gasteiger partial charge in [-0.3, -0.25) is 9.79 Å². The number of esters is 1. The normalized spacial score (nSPS) is 16.8. The quantitative estimate of drug-likeness (QED) is 0.266. The number of rotatable bonds is 7. The van der Waals surface area contributed by atoms with Crippen molar-refractivity contribution in [2.45, 2.75) is 33.2 Å². The highest BCUT2D eigenvalue weighted by molar-refractivity contribution is 14.0. The Kier molecular flexibility index (Phi) is 11.0. The lowest BCUT2D eigenvalue weighted by Crippen LogP contribution is -2.48. The molecule has 0 bridgehead atoms. The van der Waals surface area contributed by atoms with Crippen molar-refractivity contribution in [3.05, 3.63) is 23.8 Å². The van der Waals surface area contributed by atoms with Crippen LogP contribution >= 0.6 is 24.0 Å². The number of guanidine groups is 1. The van der Waals surface area contributed by atoms with Crippen LogP contribution in [0.4, 0.5) is 0 Å². The van der Waals surface area contributed by atoms with E-state index in [2.05, 4.69) is 15.2 Å². The molecule has 8 heteroatoms. The van der Waals surface area contributed by atoms with Gasteiger partial charge in [0.15, 0.2) is 17.5 Å². The van der Waals surface area contributed by atoms with Gasteiger partial charge in [-0.15, -0.1) is 24.0 Å². The smallest absolute Gasteiger partial charge is 0.310 e. The van der Waals surface area contributed by atoms with Crippen molar-refractivity contribution < 1.29 is 19.0 Å². The Bertz CT molecular complexity index is 654. The average Bonchev–Trinajstić information content (AvgIpc) is 2.69. The Hall–Kier alpha value is -1.71. The molecule has 0 amide bonds. The van der Waals surface area contributed by atoms with Crippen molar-refractivity contribution in [2.75, 3.05) is 40.5 Å². The second kappa shape index (κ2) is 12.7. The van der Waals surface area contributed by atoms with Gasteiger partial charge in [0.1, 0.15) is 0 Å². The number of nitrogens with one attached hydrogen (secondary N) is 1. The molecule has 1 aromatic carbocycles. The molecule has 1 aliphatic heterocycles. The summed E-state index contributed by atoms with van der Waals surface area (Å²) in [7, 11) is 3.39. The molecule has 158 valence electrons. The van der Waals surface area contributed by atoms with E-state index in [-0.39, 0.29) is 35.9 Å². The van der Waals surface area contributed by atoms with Gasteiger partial charge in [-0.05, 0) is 44.4 Å². The minimum absolute atomic E-state index is 0. The van der Waals surface area contributed by atoms with E-state index in [0.717, 1.165) is 42.4 Å².